The van der Waals surface area contributed by atoms with Gasteiger partial charge >= 0.3 is 0 Å². The highest BCUT2D eigenvalue weighted by atomic mass is 16.5. The molecule has 2 aromatic carbocycles. The predicted molar refractivity (Wildman–Crippen MR) is 90.7 cm³/mol. The van der Waals surface area contributed by atoms with Crippen LogP contribution in [0.2, 0.25) is 0 Å². The van der Waals surface area contributed by atoms with Gasteiger partial charge < -0.3 is 5.21 Å². The lowest BCUT2D eigenvalue weighted by Crippen LogP contribution is -1.92. The minimum atomic E-state index is 0.556. The Morgan fingerprint density at radius 2 is 1.55 bits per heavy atom. The molecule has 0 radical (unpaired) electrons. The van der Waals surface area contributed by atoms with Gasteiger partial charge in [-0.25, -0.2) is 0 Å². The fourth-order valence-electron chi connectivity index (χ4n) is 2.45. The summed E-state index contributed by atoms with van der Waals surface area (Å²) in [7, 11) is 0. The first-order valence-corrected chi connectivity index (χ1v) is 8.13. The van der Waals surface area contributed by atoms with Crippen LogP contribution in [-0.2, 0) is 6.42 Å². The second kappa shape index (κ2) is 8.98. The van der Waals surface area contributed by atoms with Gasteiger partial charge in [-0.2, -0.15) is 0 Å². The Bertz CT molecular complexity index is 593. The highest BCUT2D eigenvalue weighted by Gasteiger charge is 2.06. The molecule has 0 amide bonds. The molecule has 3 heteroatoms. The Kier molecular flexibility index (Phi) is 6.62. The standard InChI is InChI=1S/C19H24N2O/c1-2-3-4-5-7-12-17-13-10-11-16-19(17)20-21(22)18-14-8-6-9-15-18/h6,8-11,13-16H,2-5,7,12H2,1H3. The zero-order chi connectivity index (χ0) is 15.6. The Labute approximate surface area is 132 Å². The van der Waals surface area contributed by atoms with Gasteiger partial charge in [0.25, 0.3) is 0 Å². The number of azo groups is 1. The quantitative estimate of drug-likeness (QED) is 0.250. The fraction of sp³-hybridized carbons (Fsp3) is 0.368. The van der Waals surface area contributed by atoms with E-state index in [0.29, 0.717) is 10.5 Å². The van der Waals surface area contributed by atoms with Crippen molar-refractivity contribution in [3.8, 4) is 0 Å². The average molecular weight is 296 g/mol. The van der Waals surface area contributed by atoms with Crippen LogP contribution in [0.3, 0.4) is 0 Å². The lowest BCUT2D eigenvalue weighted by Gasteiger charge is -2.05. The van der Waals surface area contributed by atoms with Crippen LogP contribution in [0.4, 0.5) is 11.4 Å². The fourth-order valence-corrected chi connectivity index (χ4v) is 2.45. The number of hydrogen-bond acceptors (Lipinski definition) is 2. The van der Waals surface area contributed by atoms with E-state index in [1.165, 1.54) is 25.7 Å². The van der Waals surface area contributed by atoms with Gasteiger partial charge in [0, 0.05) is 17.2 Å². The summed E-state index contributed by atoms with van der Waals surface area (Å²) in [4.78, 5) is 0.704. The first-order chi connectivity index (χ1) is 10.8. The summed E-state index contributed by atoms with van der Waals surface area (Å²) in [6.07, 6.45) is 7.21. The second-order valence-electron chi connectivity index (χ2n) is 5.50. The monoisotopic (exact) mass is 296 g/mol. The van der Waals surface area contributed by atoms with E-state index in [1.54, 1.807) is 12.1 Å². The van der Waals surface area contributed by atoms with E-state index in [4.69, 9.17) is 0 Å². The molecule has 3 nitrogen and oxygen atoms in total. The summed E-state index contributed by atoms with van der Waals surface area (Å²) in [6, 6.07) is 17.0. The molecule has 2 rings (SSSR count). The number of rotatable bonds is 8. The third-order valence-electron chi connectivity index (χ3n) is 3.72. The third-order valence-corrected chi connectivity index (χ3v) is 3.72. The predicted octanol–water partition coefficient (Wildman–Crippen LogP) is 6.13. The Morgan fingerprint density at radius 3 is 2.32 bits per heavy atom. The third kappa shape index (κ3) is 4.99. The minimum Gasteiger partial charge on any atom is -0.594 e. The van der Waals surface area contributed by atoms with Gasteiger partial charge in [-0.15, -0.1) is 0 Å². The summed E-state index contributed by atoms with van der Waals surface area (Å²) in [6.45, 7) is 2.22. The van der Waals surface area contributed by atoms with Gasteiger partial charge in [-0.1, -0.05) is 73.9 Å². The van der Waals surface area contributed by atoms with Crippen molar-refractivity contribution in [2.24, 2.45) is 5.11 Å². The highest BCUT2D eigenvalue weighted by Crippen LogP contribution is 2.23. The van der Waals surface area contributed by atoms with Gasteiger partial charge in [0.05, 0.1) is 0 Å². The molecule has 0 unspecified atom stereocenters. The molecule has 0 heterocycles. The lowest BCUT2D eigenvalue weighted by molar-refractivity contribution is -0.435. The molecule has 0 spiro atoms. The maximum absolute atomic E-state index is 12.1. The van der Waals surface area contributed by atoms with Gasteiger partial charge in [-0.3, -0.25) is 0 Å². The zero-order valence-corrected chi connectivity index (χ0v) is 13.2. The number of aryl methyl sites for hydroxylation is 1. The summed E-state index contributed by atoms with van der Waals surface area (Å²) in [5.41, 5.74) is 2.48. The van der Waals surface area contributed by atoms with Gasteiger partial charge in [-0.05, 0) is 24.5 Å². The van der Waals surface area contributed by atoms with Crippen LogP contribution in [-0.4, -0.2) is 4.86 Å². The van der Waals surface area contributed by atoms with Gasteiger partial charge in [0.2, 0.25) is 5.69 Å². The van der Waals surface area contributed by atoms with Crippen molar-refractivity contribution in [3.05, 3.63) is 65.4 Å². The Balaban J connectivity index is 2.05. The van der Waals surface area contributed by atoms with Crippen molar-refractivity contribution in [1.82, 2.24) is 0 Å². The van der Waals surface area contributed by atoms with E-state index < -0.39 is 0 Å². The molecular formula is C19H24N2O. The number of nitrogens with zero attached hydrogens (tertiary/aromatic N) is 2. The van der Waals surface area contributed by atoms with Crippen molar-refractivity contribution >= 4 is 11.4 Å². The van der Waals surface area contributed by atoms with Crippen molar-refractivity contribution in [3.63, 3.8) is 0 Å². The largest absolute Gasteiger partial charge is 0.594 e. The molecule has 0 aliphatic heterocycles. The normalized spacial score (nSPS) is 11.6. The van der Waals surface area contributed by atoms with Crippen LogP contribution in [0.25, 0.3) is 0 Å². The van der Waals surface area contributed by atoms with E-state index >= 15 is 0 Å². The molecule has 0 atom stereocenters. The average Bonchev–Trinajstić information content (AvgIpc) is 2.57. The summed E-state index contributed by atoms with van der Waals surface area (Å²) in [5, 5.41) is 16.4. The van der Waals surface area contributed by atoms with Crippen molar-refractivity contribution in [2.45, 2.75) is 45.4 Å². The number of para-hydroxylation sites is 1. The molecule has 0 aliphatic carbocycles. The highest BCUT2D eigenvalue weighted by molar-refractivity contribution is 5.45. The maximum Gasteiger partial charge on any atom is 0.244 e. The van der Waals surface area contributed by atoms with E-state index in [9.17, 15) is 5.21 Å². The molecule has 0 saturated carbocycles. The Hall–Kier alpha value is -2.16. The molecule has 0 aliphatic rings. The Morgan fingerprint density at radius 1 is 0.864 bits per heavy atom. The summed E-state index contributed by atoms with van der Waals surface area (Å²) < 4.78 is 0. The summed E-state index contributed by atoms with van der Waals surface area (Å²) >= 11 is 0. The van der Waals surface area contributed by atoms with E-state index in [0.717, 1.165) is 24.1 Å². The topological polar surface area (TPSA) is 38.4 Å². The molecule has 0 saturated heterocycles. The minimum absolute atomic E-state index is 0.556. The number of unbranched alkanes of at least 4 members (excludes halogenated alkanes) is 4. The molecule has 22 heavy (non-hydrogen) atoms. The SMILES string of the molecule is CCCCCCCc1ccccc1N=[N+]([O-])c1ccccc1. The molecular weight excluding hydrogens is 272 g/mol. The van der Waals surface area contributed by atoms with Crippen LogP contribution in [0.15, 0.2) is 59.7 Å². The van der Waals surface area contributed by atoms with Gasteiger partial charge in [0.1, 0.15) is 5.69 Å². The molecule has 2 aromatic rings. The van der Waals surface area contributed by atoms with E-state index in [2.05, 4.69) is 18.1 Å². The van der Waals surface area contributed by atoms with Gasteiger partial charge in [0.15, 0.2) is 0 Å². The van der Waals surface area contributed by atoms with Crippen molar-refractivity contribution < 1.29 is 4.86 Å². The van der Waals surface area contributed by atoms with Crippen LogP contribution in [0, 0.1) is 5.21 Å². The smallest absolute Gasteiger partial charge is 0.244 e. The van der Waals surface area contributed by atoms with E-state index in [1.807, 2.05) is 36.4 Å². The zero-order valence-electron chi connectivity index (χ0n) is 13.2. The summed E-state index contributed by atoms with van der Waals surface area (Å²) in [5.74, 6) is 0. The molecule has 116 valence electrons. The first-order valence-electron chi connectivity index (χ1n) is 8.13. The van der Waals surface area contributed by atoms with Crippen LogP contribution in [0.1, 0.15) is 44.6 Å². The van der Waals surface area contributed by atoms with Crippen molar-refractivity contribution in [2.75, 3.05) is 0 Å². The van der Waals surface area contributed by atoms with Crippen LogP contribution in [0.5, 0.6) is 0 Å². The van der Waals surface area contributed by atoms with Crippen molar-refractivity contribution in [1.29, 1.82) is 0 Å². The molecule has 0 N–H and O–H groups in total. The number of benzene rings is 2. The molecule has 0 aromatic heterocycles. The molecule has 0 fully saturated rings. The first kappa shape index (κ1) is 16.2. The number of hydrogen-bond donors (Lipinski definition) is 0. The lowest BCUT2D eigenvalue weighted by atomic mass is 10.0. The molecule has 0 bridgehead atoms. The maximum atomic E-state index is 12.1. The van der Waals surface area contributed by atoms with Crippen LogP contribution < -0.4 is 0 Å². The second-order valence-corrected chi connectivity index (χ2v) is 5.50. The van der Waals surface area contributed by atoms with Crippen LogP contribution >= 0.6 is 0 Å². The van der Waals surface area contributed by atoms with E-state index in [-0.39, 0.29) is 0 Å².